The number of rotatable bonds is 7. The van der Waals surface area contributed by atoms with Crippen molar-refractivity contribution >= 4 is 21.6 Å². The first-order chi connectivity index (χ1) is 14.7. The quantitative estimate of drug-likeness (QED) is 0.708. The molecular weight excluding hydrogens is 414 g/mol. The van der Waals surface area contributed by atoms with Crippen LogP contribution >= 0.6 is 0 Å². The molecule has 2 unspecified atom stereocenters. The smallest absolute Gasteiger partial charge is 0.243 e. The summed E-state index contributed by atoms with van der Waals surface area (Å²) < 4.78 is 32.5. The fourth-order valence-electron chi connectivity index (χ4n) is 3.58. The summed E-state index contributed by atoms with van der Waals surface area (Å²) in [4.78, 5) is 14.9. The van der Waals surface area contributed by atoms with Crippen molar-refractivity contribution in [3.63, 3.8) is 0 Å². The van der Waals surface area contributed by atoms with E-state index in [1.54, 1.807) is 19.2 Å². The maximum atomic E-state index is 12.6. The fourth-order valence-corrected chi connectivity index (χ4v) is 4.95. The first-order valence-corrected chi connectivity index (χ1v) is 11.9. The van der Waals surface area contributed by atoms with Crippen LogP contribution < -0.4 is 5.32 Å². The Bertz CT molecular complexity index is 978. The van der Waals surface area contributed by atoms with Crippen LogP contribution in [0.1, 0.15) is 32.4 Å². The summed E-state index contributed by atoms with van der Waals surface area (Å²) in [6, 6.07) is 16.1. The van der Waals surface area contributed by atoms with Gasteiger partial charge in [0.15, 0.2) is 0 Å². The Labute approximate surface area is 185 Å². The van der Waals surface area contributed by atoms with Crippen LogP contribution in [0.4, 0.5) is 5.69 Å². The zero-order chi connectivity index (χ0) is 22.6. The van der Waals surface area contributed by atoms with E-state index < -0.39 is 10.0 Å². The largest absolute Gasteiger partial charge is 0.368 e. The standard InChI is InChI=1S/C23H31N3O4S/c1-17(2)25(4)31(28,29)21-12-10-20(11-13-21)24-23(27)16-26-14-18(3)30-22(15-26)19-8-6-5-7-9-19/h5-13,17-18,22H,14-16H2,1-4H3,(H,24,27). The van der Waals surface area contributed by atoms with Gasteiger partial charge in [0.05, 0.1) is 23.6 Å². The highest BCUT2D eigenvalue weighted by atomic mass is 32.2. The van der Waals surface area contributed by atoms with Crippen molar-refractivity contribution < 1.29 is 17.9 Å². The predicted octanol–water partition coefficient (Wildman–Crippen LogP) is 3.12. The molecule has 1 N–H and O–H groups in total. The van der Waals surface area contributed by atoms with Crippen molar-refractivity contribution in [2.75, 3.05) is 32.0 Å². The fraction of sp³-hybridized carbons (Fsp3) is 0.435. The Kier molecular flexibility index (Phi) is 7.48. The van der Waals surface area contributed by atoms with Gasteiger partial charge in [-0.1, -0.05) is 30.3 Å². The van der Waals surface area contributed by atoms with Crippen molar-refractivity contribution in [1.29, 1.82) is 0 Å². The van der Waals surface area contributed by atoms with Crippen LogP contribution in [0, 0.1) is 0 Å². The van der Waals surface area contributed by atoms with Crippen LogP contribution in [-0.2, 0) is 19.6 Å². The first kappa shape index (κ1) is 23.4. The highest BCUT2D eigenvalue weighted by molar-refractivity contribution is 7.89. The molecule has 1 aliphatic heterocycles. The molecule has 31 heavy (non-hydrogen) atoms. The van der Waals surface area contributed by atoms with E-state index in [1.807, 2.05) is 51.1 Å². The topological polar surface area (TPSA) is 79.0 Å². The minimum Gasteiger partial charge on any atom is -0.368 e. The maximum Gasteiger partial charge on any atom is 0.243 e. The summed E-state index contributed by atoms with van der Waals surface area (Å²) in [6.45, 7) is 7.21. The van der Waals surface area contributed by atoms with Crippen molar-refractivity contribution in [1.82, 2.24) is 9.21 Å². The van der Waals surface area contributed by atoms with Gasteiger partial charge in [-0.15, -0.1) is 0 Å². The van der Waals surface area contributed by atoms with E-state index >= 15 is 0 Å². The van der Waals surface area contributed by atoms with Gasteiger partial charge in [0.25, 0.3) is 0 Å². The van der Waals surface area contributed by atoms with Crippen molar-refractivity contribution in [3.05, 3.63) is 60.2 Å². The van der Waals surface area contributed by atoms with Crippen LogP contribution in [0.15, 0.2) is 59.5 Å². The van der Waals surface area contributed by atoms with Gasteiger partial charge in [-0.3, -0.25) is 9.69 Å². The van der Waals surface area contributed by atoms with Gasteiger partial charge in [-0.05, 0) is 50.6 Å². The van der Waals surface area contributed by atoms with Crippen molar-refractivity contribution in [2.45, 2.75) is 43.9 Å². The predicted molar refractivity (Wildman–Crippen MR) is 121 cm³/mol. The van der Waals surface area contributed by atoms with Gasteiger partial charge >= 0.3 is 0 Å². The molecule has 3 rings (SSSR count). The third kappa shape index (κ3) is 5.92. The molecule has 1 saturated heterocycles. The Hall–Kier alpha value is -2.26. The third-order valence-corrected chi connectivity index (χ3v) is 7.46. The van der Waals surface area contributed by atoms with E-state index in [0.717, 1.165) is 5.56 Å². The number of morpholine rings is 1. The van der Waals surface area contributed by atoms with Crippen LogP contribution in [0.3, 0.4) is 0 Å². The molecule has 168 valence electrons. The van der Waals surface area contributed by atoms with Gasteiger partial charge in [0, 0.05) is 31.9 Å². The molecular formula is C23H31N3O4S. The lowest BCUT2D eigenvalue weighted by molar-refractivity contribution is -0.122. The van der Waals surface area contributed by atoms with Crippen LogP contribution in [-0.4, -0.2) is 62.4 Å². The molecule has 0 bridgehead atoms. The molecule has 7 nitrogen and oxygen atoms in total. The minimum atomic E-state index is -3.55. The van der Waals surface area contributed by atoms with Crippen LogP contribution in [0.2, 0.25) is 0 Å². The van der Waals surface area contributed by atoms with E-state index in [1.165, 1.54) is 16.4 Å². The first-order valence-electron chi connectivity index (χ1n) is 10.5. The molecule has 1 fully saturated rings. The number of nitrogens with one attached hydrogen (secondary N) is 1. The lowest BCUT2D eigenvalue weighted by Gasteiger charge is -2.36. The molecule has 8 heteroatoms. The van der Waals surface area contributed by atoms with Gasteiger partial charge in [0.1, 0.15) is 0 Å². The Morgan fingerprint density at radius 1 is 1.13 bits per heavy atom. The molecule has 1 heterocycles. The molecule has 2 aromatic carbocycles. The number of amides is 1. The lowest BCUT2D eigenvalue weighted by Crippen LogP contribution is -2.46. The van der Waals surface area contributed by atoms with Crippen molar-refractivity contribution in [2.24, 2.45) is 0 Å². The number of hydrogen-bond donors (Lipinski definition) is 1. The number of ether oxygens (including phenoxy) is 1. The number of carbonyl (C=O) groups is 1. The normalized spacial score (nSPS) is 20.2. The zero-order valence-corrected chi connectivity index (χ0v) is 19.3. The van der Waals surface area contributed by atoms with E-state index in [4.69, 9.17) is 4.74 Å². The summed E-state index contributed by atoms with van der Waals surface area (Å²) in [7, 11) is -1.99. The lowest BCUT2D eigenvalue weighted by atomic mass is 10.1. The zero-order valence-electron chi connectivity index (χ0n) is 18.5. The molecule has 1 aliphatic rings. The number of nitrogens with zero attached hydrogens (tertiary/aromatic N) is 2. The van der Waals surface area contributed by atoms with Gasteiger partial charge in [0.2, 0.25) is 15.9 Å². The number of hydrogen-bond acceptors (Lipinski definition) is 5. The van der Waals surface area contributed by atoms with E-state index in [0.29, 0.717) is 18.8 Å². The number of benzene rings is 2. The van der Waals surface area contributed by atoms with Gasteiger partial charge in [-0.2, -0.15) is 4.31 Å². The summed E-state index contributed by atoms with van der Waals surface area (Å²) in [5.41, 5.74) is 1.67. The van der Waals surface area contributed by atoms with Crippen molar-refractivity contribution in [3.8, 4) is 0 Å². The molecule has 0 saturated carbocycles. The summed E-state index contributed by atoms with van der Waals surface area (Å²) >= 11 is 0. The third-order valence-electron chi connectivity index (χ3n) is 5.42. The average molecular weight is 446 g/mol. The highest BCUT2D eigenvalue weighted by Gasteiger charge is 2.27. The maximum absolute atomic E-state index is 12.6. The number of carbonyl (C=O) groups excluding carboxylic acids is 1. The number of sulfonamides is 1. The molecule has 0 aliphatic carbocycles. The van der Waals surface area contributed by atoms with Gasteiger partial charge in [-0.25, -0.2) is 8.42 Å². The molecule has 1 amide bonds. The summed E-state index contributed by atoms with van der Waals surface area (Å²) in [5, 5.41) is 2.86. The van der Waals surface area contributed by atoms with E-state index in [9.17, 15) is 13.2 Å². The molecule has 0 radical (unpaired) electrons. The van der Waals surface area contributed by atoms with Crippen LogP contribution in [0.25, 0.3) is 0 Å². The molecule has 0 aromatic heterocycles. The molecule has 2 aromatic rings. The number of anilines is 1. The van der Waals surface area contributed by atoms with E-state index in [-0.39, 0.29) is 35.6 Å². The molecule has 2 atom stereocenters. The SMILES string of the molecule is CC1CN(CC(=O)Nc2ccc(S(=O)(=O)N(C)C(C)C)cc2)CC(c2ccccc2)O1. The Balaban J connectivity index is 1.60. The second-order valence-electron chi connectivity index (χ2n) is 8.23. The Morgan fingerprint density at radius 3 is 2.39 bits per heavy atom. The second kappa shape index (κ2) is 9.91. The molecule has 0 spiro atoms. The minimum absolute atomic E-state index is 0.0224. The average Bonchev–Trinajstić information content (AvgIpc) is 2.73. The monoisotopic (exact) mass is 445 g/mol. The van der Waals surface area contributed by atoms with Crippen LogP contribution in [0.5, 0.6) is 0 Å². The highest BCUT2D eigenvalue weighted by Crippen LogP contribution is 2.25. The Morgan fingerprint density at radius 2 is 1.77 bits per heavy atom. The van der Waals surface area contributed by atoms with E-state index in [2.05, 4.69) is 10.2 Å². The summed E-state index contributed by atoms with van der Waals surface area (Å²) in [5.74, 6) is -0.143. The second-order valence-corrected chi connectivity index (χ2v) is 10.2. The van der Waals surface area contributed by atoms with Gasteiger partial charge < -0.3 is 10.1 Å². The summed E-state index contributed by atoms with van der Waals surface area (Å²) in [6.07, 6.45) is -0.0469.